The van der Waals surface area contributed by atoms with E-state index in [1.165, 1.54) is 12.3 Å². The highest BCUT2D eigenvalue weighted by atomic mass is 127. The lowest BCUT2D eigenvalue weighted by Gasteiger charge is -1.98. The molecule has 0 amide bonds. The molecule has 0 aliphatic carbocycles. The molecule has 0 atom stereocenters. The monoisotopic (exact) mass is 289 g/mol. The van der Waals surface area contributed by atoms with Crippen molar-refractivity contribution in [2.45, 2.75) is 0 Å². The van der Waals surface area contributed by atoms with Crippen molar-refractivity contribution in [3.8, 4) is 11.3 Å². The molecule has 1 aromatic carbocycles. The average molecular weight is 289 g/mol. The molecule has 2 aromatic rings. The van der Waals surface area contributed by atoms with Gasteiger partial charge in [-0.15, -0.1) is 0 Å². The zero-order chi connectivity index (χ0) is 9.26. The maximum absolute atomic E-state index is 13.2. The van der Waals surface area contributed by atoms with Gasteiger partial charge < -0.3 is 4.52 Å². The quantitative estimate of drug-likeness (QED) is 0.754. The highest BCUT2D eigenvalue weighted by Crippen LogP contribution is 2.22. The summed E-state index contributed by atoms with van der Waals surface area (Å²) in [6.45, 7) is 0. The number of rotatable bonds is 1. The summed E-state index contributed by atoms with van der Waals surface area (Å²) in [6, 6.07) is 6.49. The van der Waals surface area contributed by atoms with Gasteiger partial charge >= 0.3 is 0 Å². The molecule has 0 N–H and O–H groups in total. The number of hydrogen-bond acceptors (Lipinski definition) is 2. The second-order valence-electron chi connectivity index (χ2n) is 2.51. The lowest BCUT2D eigenvalue weighted by Crippen LogP contribution is -1.84. The molecule has 0 bridgehead atoms. The number of aromatic nitrogens is 1. The Morgan fingerprint density at radius 1 is 1.31 bits per heavy atom. The second kappa shape index (κ2) is 3.45. The first-order chi connectivity index (χ1) is 6.27. The average Bonchev–Trinajstić information content (AvgIpc) is 2.61. The maximum Gasteiger partial charge on any atom is 0.132 e. The van der Waals surface area contributed by atoms with Gasteiger partial charge in [0.1, 0.15) is 17.8 Å². The first kappa shape index (κ1) is 8.68. The van der Waals surface area contributed by atoms with Crippen molar-refractivity contribution in [3.05, 3.63) is 39.9 Å². The van der Waals surface area contributed by atoms with Gasteiger partial charge in [0, 0.05) is 15.2 Å². The molecule has 0 aliphatic rings. The van der Waals surface area contributed by atoms with Gasteiger partial charge in [-0.25, -0.2) is 4.39 Å². The predicted molar refractivity (Wildman–Crippen MR) is 54.6 cm³/mol. The fraction of sp³-hybridized carbons (Fsp3) is 0. The van der Waals surface area contributed by atoms with E-state index in [1.807, 2.05) is 0 Å². The molecule has 66 valence electrons. The van der Waals surface area contributed by atoms with Crippen molar-refractivity contribution >= 4 is 22.6 Å². The molecular formula is C9H5FINO. The molecule has 0 saturated heterocycles. The molecule has 0 fully saturated rings. The molecule has 2 rings (SSSR count). The summed E-state index contributed by atoms with van der Waals surface area (Å²) >= 11 is 2.12. The Morgan fingerprint density at radius 3 is 2.85 bits per heavy atom. The van der Waals surface area contributed by atoms with Gasteiger partial charge in [-0.3, -0.25) is 0 Å². The van der Waals surface area contributed by atoms with E-state index in [4.69, 9.17) is 0 Å². The molecular weight excluding hydrogens is 284 g/mol. The summed E-state index contributed by atoms with van der Waals surface area (Å²) in [6.07, 6.45) is 1.43. The largest absolute Gasteiger partial charge is 0.364 e. The summed E-state index contributed by atoms with van der Waals surface area (Å²) in [7, 11) is 0. The van der Waals surface area contributed by atoms with E-state index in [0.717, 1.165) is 3.57 Å². The Labute approximate surface area is 87.9 Å². The van der Waals surface area contributed by atoms with Crippen molar-refractivity contribution < 1.29 is 8.91 Å². The highest BCUT2D eigenvalue weighted by molar-refractivity contribution is 14.1. The van der Waals surface area contributed by atoms with E-state index in [2.05, 4.69) is 32.3 Å². The highest BCUT2D eigenvalue weighted by Gasteiger charge is 2.07. The Bertz CT molecular complexity index is 414. The third kappa shape index (κ3) is 1.72. The SMILES string of the molecule is Fc1ccc(I)cc1-c1ccon1. The molecule has 13 heavy (non-hydrogen) atoms. The summed E-state index contributed by atoms with van der Waals surface area (Å²) in [5.41, 5.74) is 0.997. The van der Waals surface area contributed by atoms with Crippen molar-refractivity contribution in [1.29, 1.82) is 0 Å². The van der Waals surface area contributed by atoms with Gasteiger partial charge in [0.25, 0.3) is 0 Å². The van der Waals surface area contributed by atoms with Gasteiger partial charge in [0.05, 0.1) is 0 Å². The summed E-state index contributed by atoms with van der Waals surface area (Å²) in [4.78, 5) is 0. The Morgan fingerprint density at radius 2 is 2.15 bits per heavy atom. The molecule has 0 unspecified atom stereocenters. The van der Waals surface area contributed by atoms with Crippen molar-refractivity contribution in [1.82, 2.24) is 5.16 Å². The minimum Gasteiger partial charge on any atom is -0.364 e. The van der Waals surface area contributed by atoms with E-state index in [-0.39, 0.29) is 5.82 Å². The maximum atomic E-state index is 13.2. The normalized spacial score (nSPS) is 10.3. The van der Waals surface area contributed by atoms with Crippen molar-refractivity contribution in [3.63, 3.8) is 0 Å². The van der Waals surface area contributed by atoms with Crippen LogP contribution < -0.4 is 0 Å². The molecule has 1 heterocycles. The number of halogens is 2. The smallest absolute Gasteiger partial charge is 0.132 e. The van der Waals surface area contributed by atoms with Crippen molar-refractivity contribution in [2.75, 3.05) is 0 Å². The van der Waals surface area contributed by atoms with Crippen LogP contribution in [0.2, 0.25) is 0 Å². The van der Waals surface area contributed by atoms with Gasteiger partial charge in [0.2, 0.25) is 0 Å². The third-order valence-corrected chi connectivity index (χ3v) is 2.31. The molecule has 4 heteroatoms. The molecule has 0 spiro atoms. The van der Waals surface area contributed by atoms with E-state index >= 15 is 0 Å². The minimum atomic E-state index is -0.283. The lowest BCUT2D eigenvalue weighted by molar-refractivity contribution is 0.422. The Kier molecular flexibility index (Phi) is 2.30. The summed E-state index contributed by atoms with van der Waals surface area (Å²) in [5.74, 6) is -0.283. The first-order valence-corrected chi connectivity index (χ1v) is 4.71. The third-order valence-electron chi connectivity index (χ3n) is 1.64. The van der Waals surface area contributed by atoms with E-state index in [1.54, 1.807) is 18.2 Å². The van der Waals surface area contributed by atoms with Crippen LogP contribution in [-0.4, -0.2) is 5.16 Å². The zero-order valence-corrected chi connectivity index (χ0v) is 8.66. The van der Waals surface area contributed by atoms with E-state index in [9.17, 15) is 4.39 Å². The Balaban J connectivity index is 2.57. The van der Waals surface area contributed by atoms with Crippen LogP contribution in [0.4, 0.5) is 4.39 Å². The number of nitrogens with zero attached hydrogens (tertiary/aromatic N) is 1. The van der Waals surface area contributed by atoms with Gasteiger partial charge in [-0.1, -0.05) is 5.16 Å². The molecule has 0 saturated carbocycles. The van der Waals surface area contributed by atoms with Gasteiger partial charge in [-0.2, -0.15) is 0 Å². The summed E-state index contributed by atoms with van der Waals surface area (Å²) < 4.78 is 18.9. The number of hydrogen-bond donors (Lipinski definition) is 0. The zero-order valence-electron chi connectivity index (χ0n) is 6.50. The van der Waals surface area contributed by atoms with Crippen LogP contribution in [0.25, 0.3) is 11.3 Å². The van der Waals surface area contributed by atoms with Crippen LogP contribution in [0, 0.1) is 9.39 Å². The lowest BCUT2D eigenvalue weighted by atomic mass is 10.1. The van der Waals surface area contributed by atoms with Crippen molar-refractivity contribution in [2.24, 2.45) is 0 Å². The topological polar surface area (TPSA) is 26.0 Å². The molecule has 1 aromatic heterocycles. The van der Waals surface area contributed by atoms with Crippen LogP contribution in [0.3, 0.4) is 0 Å². The van der Waals surface area contributed by atoms with Crippen LogP contribution in [0.15, 0.2) is 35.1 Å². The Hall–Kier alpha value is -0.910. The van der Waals surface area contributed by atoms with Crippen LogP contribution in [0.1, 0.15) is 0 Å². The van der Waals surface area contributed by atoms with Crippen LogP contribution in [0.5, 0.6) is 0 Å². The summed E-state index contributed by atoms with van der Waals surface area (Å²) in [5, 5.41) is 3.67. The first-order valence-electron chi connectivity index (χ1n) is 3.63. The standard InChI is InChI=1S/C9H5FINO/c10-8-2-1-6(11)5-7(8)9-3-4-13-12-9/h1-5H. The molecule has 2 nitrogen and oxygen atoms in total. The minimum absolute atomic E-state index is 0.283. The van der Waals surface area contributed by atoms with E-state index < -0.39 is 0 Å². The van der Waals surface area contributed by atoms with E-state index in [0.29, 0.717) is 11.3 Å². The van der Waals surface area contributed by atoms with Gasteiger partial charge in [-0.05, 0) is 40.8 Å². The molecule has 0 radical (unpaired) electrons. The second-order valence-corrected chi connectivity index (χ2v) is 3.75. The number of benzene rings is 1. The predicted octanol–water partition coefficient (Wildman–Crippen LogP) is 3.09. The van der Waals surface area contributed by atoms with Crippen LogP contribution >= 0.6 is 22.6 Å². The fourth-order valence-electron chi connectivity index (χ4n) is 1.05. The van der Waals surface area contributed by atoms with Gasteiger partial charge in [0.15, 0.2) is 0 Å². The van der Waals surface area contributed by atoms with Crippen LogP contribution in [-0.2, 0) is 0 Å². The molecule has 0 aliphatic heterocycles. The fourth-order valence-corrected chi connectivity index (χ4v) is 1.54.